The molecule has 1 aromatic carbocycles. The third-order valence-electron chi connectivity index (χ3n) is 5.57. The molecule has 0 bridgehead atoms. The molecule has 2 aromatic rings. The molecule has 1 amide bonds. The van der Waals surface area contributed by atoms with E-state index in [9.17, 15) is 9.18 Å². The zero-order valence-electron chi connectivity index (χ0n) is 13.8. The highest BCUT2D eigenvalue weighted by Gasteiger charge is 2.41. The molecule has 2 aliphatic heterocycles. The van der Waals surface area contributed by atoms with Gasteiger partial charge in [0.05, 0.1) is 11.6 Å². The van der Waals surface area contributed by atoms with Crippen molar-refractivity contribution in [3.8, 4) is 0 Å². The summed E-state index contributed by atoms with van der Waals surface area (Å²) in [5, 5.41) is 0.446. The van der Waals surface area contributed by atoms with Crippen molar-refractivity contribution in [1.29, 1.82) is 0 Å². The van der Waals surface area contributed by atoms with Crippen molar-refractivity contribution in [2.45, 2.75) is 39.4 Å². The number of aromatic nitrogens is 1. The first-order valence-corrected chi connectivity index (χ1v) is 8.31. The number of fused-ring (bicyclic) bond motifs is 3. The van der Waals surface area contributed by atoms with Gasteiger partial charge >= 0.3 is 0 Å². The van der Waals surface area contributed by atoms with Crippen LogP contribution in [0.1, 0.15) is 36.7 Å². The standard InChI is InChI=1S/C18H22FN3O/c1-10(2)11(3)21-8-13(9-21)22-7-12-4-5-15-17(14(19)6-20-15)16(12)18(22)23/h4-6,10-11,13,20H,7-9H2,1-3H3. The smallest absolute Gasteiger partial charge is 0.255 e. The molecule has 1 saturated heterocycles. The summed E-state index contributed by atoms with van der Waals surface area (Å²) in [5.74, 6) is 0.248. The van der Waals surface area contributed by atoms with Gasteiger partial charge < -0.3 is 9.88 Å². The first-order chi connectivity index (χ1) is 11.0. The van der Waals surface area contributed by atoms with Crippen molar-refractivity contribution in [1.82, 2.24) is 14.8 Å². The molecular formula is C18H22FN3O. The number of rotatable bonds is 3. The molecule has 0 saturated carbocycles. The van der Waals surface area contributed by atoms with E-state index >= 15 is 0 Å². The quantitative estimate of drug-likeness (QED) is 0.946. The normalized spacial score (nSPS) is 20.4. The zero-order valence-corrected chi connectivity index (χ0v) is 13.8. The van der Waals surface area contributed by atoms with Gasteiger partial charge in [0, 0.05) is 42.8 Å². The van der Waals surface area contributed by atoms with Crippen LogP contribution in [0.4, 0.5) is 4.39 Å². The molecule has 5 heteroatoms. The van der Waals surface area contributed by atoms with Crippen LogP contribution in [0.3, 0.4) is 0 Å². The highest BCUT2D eigenvalue weighted by Crippen LogP contribution is 2.34. The second-order valence-corrected chi connectivity index (χ2v) is 7.18. The van der Waals surface area contributed by atoms with Gasteiger partial charge in [-0.05, 0) is 24.5 Å². The lowest BCUT2D eigenvalue weighted by molar-refractivity contribution is 0.00183. The second kappa shape index (κ2) is 5.06. The Kier molecular flexibility index (Phi) is 3.23. The Labute approximate surface area is 135 Å². The van der Waals surface area contributed by atoms with Crippen LogP contribution in [0.2, 0.25) is 0 Å². The molecule has 122 valence electrons. The molecular weight excluding hydrogens is 293 g/mol. The molecule has 3 heterocycles. The predicted octanol–water partition coefficient (Wildman–Crippen LogP) is 2.99. The first-order valence-electron chi connectivity index (χ1n) is 8.31. The van der Waals surface area contributed by atoms with Crippen LogP contribution in [0.15, 0.2) is 18.3 Å². The van der Waals surface area contributed by atoms with E-state index in [1.807, 2.05) is 17.0 Å². The molecule has 2 aliphatic rings. The zero-order chi connectivity index (χ0) is 16.3. The Balaban J connectivity index is 1.57. The Morgan fingerprint density at radius 3 is 2.70 bits per heavy atom. The van der Waals surface area contributed by atoms with Gasteiger partial charge in [0.15, 0.2) is 0 Å². The predicted molar refractivity (Wildman–Crippen MR) is 87.8 cm³/mol. The maximum Gasteiger partial charge on any atom is 0.255 e. The number of carbonyl (C=O) groups excluding carboxylic acids is 1. The van der Waals surface area contributed by atoms with Gasteiger partial charge in [-0.15, -0.1) is 0 Å². The van der Waals surface area contributed by atoms with Crippen LogP contribution >= 0.6 is 0 Å². The highest BCUT2D eigenvalue weighted by atomic mass is 19.1. The van der Waals surface area contributed by atoms with Crippen molar-refractivity contribution in [2.75, 3.05) is 13.1 Å². The number of halogens is 1. The monoisotopic (exact) mass is 315 g/mol. The SMILES string of the molecule is CC(C)C(C)N1CC(N2Cc3ccc4[nH]cc(F)c4c3C2=O)C1. The minimum absolute atomic E-state index is 0.0223. The summed E-state index contributed by atoms with van der Waals surface area (Å²) in [7, 11) is 0. The number of H-pyrrole nitrogens is 1. The Morgan fingerprint density at radius 2 is 2.00 bits per heavy atom. The van der Waals surface area contributed by atoms with E-state index in [4.69, 9.17) is 0 Å². The lowest BCUT2D eigenvalue weighted by atomic mass is 9.97. The molecule has 0 spiro atoms. The molecule has 1 unspecified atom stereocenters. The summed E-state index contributed by atoms with van der Waals surface area (Å²) >= 11 is 0. The Morgan fingerprint density at radius 1 is 1.26 bits per heavy atom. The number of likely N-dealkylation sites (tertiary alicyclic amines) is 1. The maximum absolute atomic E-state index is 14.0. The molecule has 4 rings (SSSR count). The van der Waals surface area contributed by atoms with Gasteiger partial charge in [-0.1, -0.05) is 19.9 Å². The van der Waals surface area contributed by atoms with Crippen molar-refractivity contribution >= 4 is 16.8 Å². The fraction of sp³-hybridized carbons (Fsp3) is 0.500. The third kappa shape index (κ3) is 2.10. The summed E-state index contributed by atoms with van der Waals surface area (Å²) < 4.78 is 14.0. The number of carbonyl (C=O) groups is 1. The number of amides is 1. The Bertz CT molecular complexity index is 776. The Hall–Kier alpha value is -1.88. The largest absolute Gasteiger partial charge is 0.359 e. The summed E-state index contributed by atoms with van der Waals surface area (Å²) in [6, 6.07) is 4.58. The van der Waals surface area contributed by atoms with Crippen molar-refractivity contribution < 1.29 is 9.18 Å². The first kappa shape index (κ1) is 14.7. The maximum atomic E-state index is 14.0. The van der Waals surface area contributed by atoms with E-state index in [2.05, 4.69) is 30.7 Å². The summed E-state index contributed by atoms with van der Waals surface area (Å²) in [4.78, 5) is 20.1. The van der Waals surface area contributed by atoms with E-state index in [0.717, 1.165) is 18.7 Å². The minimum Gasteiger partial charge on any atom is -0.359 e. The van der Waals surface area contributed by atoms with Crippen molar-refractivity contribution in [2.24, 2.45) is 5.92 Å². The van der Waals surface area contributed by atoms with E-state index in [1.165, 1.54) is 6.20 Å². The molecule has 0 aliphatic carbocycles. The lowest BCUT2D eigenvalue weighted by Gasteiger charge is -2.48. The number of benzene rings is 1. The van der Waals surface area contributed by atoms with Crippen molar-refractivity contribution in [3.63, 3.8) is 0 Å². The number of aromatic amines is 1. The van der Waals surface area contributed by atoms with Gasteiger partial charge in [-0.25, -0.2) is 4.39 Å². The highest BCUT2D eigenvalue weighted by molar-refractivity contribution is 6.10. The lowest BCUT2D eigenvalue weighted by Crippen LogP contribution is -2.62. The van der Waals surface area contributed by atoms with Crippen LogP contribution in [-0.4, -0.2) is 45.9 Å². The van der Waals surface area contributed by atoms with E-state index in [1.54, 1.807) is 0 Å². The van der Waals surface area contributed by atoms with Crippen molar-refractivity contribution in [3.05, 3.63) is 35.3 Å². The average molecular weight is 315 g/mol. The molecule has 23 heavy (non-hydrogen) atoms. The van der Waals surface area contributed by atoms with Crippen LogP contribution in [0.25, 0.3) is 10.9 Å². The molecule has 1 atom stereocenters. The molecule has 1 N–H and O–H groups in total. The van der Waals surface area contributed by atoms with Crippen LogP contribution in [0.5, 0.6) is 0 Å². The van der Waals surface area contributed by atoms with E-state index in [-0.39, 0.29) is 17.8 Å². The van der Waals surface area contributed by atoms with Crippen LogP contribution in [0, 0.1) is 11.7 Å². The number of hydrogen-bond acceptors (Lipinski definition) is 2. The fourth-order valence-corrected chi connectivity index (χ4v) is 3.74. The number of nitrogens with one attached hydrogen (secondary N) is 1. The minimum atomic E-state index is -0.337. The molecule has 1 aromatic heterocycles. The van der Waals surface area contributed by atoms with E-state index in [0.29, 0.717) is 35.0 Å². The number of nitrogens with zero attached hydrogens (tertiary/aromatic N) is 2. The number of hydrogen-bond donors (Lipinski definition) is 1. The van der Waals surface area contributed by atoms with Gasteiger partial charge in [0.1, 0.15) is 5.82 Å². The molecule has 0 radical (unpaired) electrons. The van der Waals surface area contributed by atoms with Crippen LogP contribution < -0.4 is 0 Å². The topological polar surface area (TPSA) is 39.3 Å². The van der Waals surface area contributed by atoms with E-state index < -0.39 is 0 Å². The molecule has 1 fully saturated rings. The van der Waals surface area contributed by atoms with Gasteiger partial charge in [-0.3, -0.25) is 9.69 Å². The van der Waals surface area contributed by atoms with Gasteiger partial charge in [0.25, 0.3) is 5.91 Å². The summed E-state index contributed by atoms with van der Waals surface area (Å²) in [5.41, 5.74) is 2.19. The fourth-order valence-electron chi connectivity index (χ4n) is 3.74. The summed E-state index contributed by atoms with van der Waals surface area (Å²) in [6.45, 7) is 9.11. The molecule has 4 nitrogen and oxygen atoms in total. The van der Waals surface area contributed by atoms with Gasteiger partial charge in [-0.2, -0.15) is 0 Å². The van der Waals surface area contributed by atoms with Crippen LogP contribution in [-0.2, 0) is 6.54 Å². The van der Waals surface area contributed by atoms with Gasteiger partial charge in [0.2, 0.25) is 0 Å². The second-order valence-electron chi connectivity index (χ2n) is 7.18. The summed E-state index contributed by atoms with van der Waals surface area (Å²) in [6.07, 6.45) is 1.33. The average Bonchev–Trinajstić information content (AvgIpc) is 2.99. The third-order valence-corrected chi connectivity index (χ3v) is 5.57.